The molecule has 1 aromatic rings. The van der Waals surface area contributed by atoms with E-state index in [1.165, 1.54) is 0 Å². The van der Waals surface area contributed by atoms with Gasteiger partial charge in [-0.15, -0.1) is 0 Å². The Morgan fingerprint density at radius 3 is 3.14 bits per heavy atom. The highest BCUT2D eigenvalue weighted by Gasteiger charge is 2.26. The summed E-state index contributed by atoms with van der Waals surface area (Å²) in [6.45, 7) is 0.694. The Labute approximate surface area is 82.5 Å². The fourth-order valence-corrected chi connectivity index (χ4v) is 1.66. The fraction of sp³-hybridized carbons (Fsp3) is 0.556. The molecule has 2 N–H and O–H groups in total. The van der Waals surface area contributed by atoms with Crippen molar-refractivity contribution in [2.75, 3.05) is 14.1 Å². The number of nitrogens with zero attached hydrogens (tertiary/aromatic N) is 2. The molecule has 5 nitrogen and oxygen atoms in total. The predicted molar refractivity (Wildman–Crippen MR) is 51.6 cm³/mol. The lowest BCUT2D eigenvalue weighted by atomic mass is 10.0. The van der Waals surface area contributed by atoms with Gasteiger partial charge >= 0.3 is 0 Å². The minimum absolute atomic E-state index is 0.110. The second-order valence-electron chi connectivity index (χ2n) is 3.70. The van der Waals surface area contributed by atoms with Crippen LogP contribution in [0, 0.1) is 0 Å². The molecule has 0 aromatic carbocycles. The van der Waals surface area contributed by atoms with E-state index in [0.29, 0.717) is 13.0 Å². The van der Waals surface area contributed by atoms with E-state index in [0.717, 1.165) is 11.4 Å². The third-order valence-corrected chi connectivity index (χ3v) is 2.47. The largest absolute Gasteiger partial charge is 0.347 e. The Hall–Kier alpha value is -1.36. The Kier molecular flexibility index (Phi) is 2.25. The van der Waals surface area contributed by atoms with E-state index >= 15 is 0 Å². The van der Waals surface area contributed by atoms with Crippen molar-refractivity contribution < 1.29 is 4.79 Å². The normalized spacial score (nSPS) is 20.3. The summed E-state index contributed by atoms with van der Waals surface area (Å²) in [5.74, 6) is 0.110. The lowest BCUT2D eigenvalue weighted by Crippen LogP contribution is -2.47. The van der Waals surface area contributed by atoms with Gasteiger partial charge in [-0.3, -0.25) is 10.1 Å². The van der Waals surface area contributed by atoms with Crippen LogP contribution in [0.1, 0.15) is 11.4 Å². The van der Waals surface area contributed by atoms with Crippen molar-refractivity contribution in [3.63, 3.8) is 0 Å². The van der Waals surface area contributed by atoms with Crippen molar-refractivity contribution >= 4 is 5.91 Å². The molecular formula is C9H14N4O. The molecule has 1 aromatic heterocycles. The molecule has 1 amide bonds. The van der Waals surface area contributed by atoms with Crippen LogP contribution in [0.3, 0.4) is 0 Å². The molecule has 76 valence electrons. The van der Waals surface area contributed by atoms with Gasteiger partial charge in [0.05, 0.1) is 23.8 Å². The molecule has 0 bridgehead atoms. The molecule has 14 heavy (non-hydrogen) atoms. The Balaban J connectivity index is 2.11. The summed E-state index contributed by atoms with van der Waals surface area (Å²) < 4.78 is 0. The van der Waals surface area contributed by atoms with Crippen LogP contribution in [0.15, 0.2) is 6.33 Å². The number of hydrogen-bond donors (Lipinski definition) is 2. The molecule has 0 saturated carbocycles. The first-order chi connectivity index (χ1) is 6.68. The number of fused-ring (bicyclic) bond motifs is 1. The zero-order valence-corrected chi connectivity index (χ0v) is 8.37. The maximum atomic E-state index is 11.7. The van der Waals surface area contributed by atoms with Gasteiger partial charge in [-0.1, -0.05) is 0 Å². The number of hydrogen-bond acceptors (Lipinski definition) is 3. The van der Waals surface area contributed by atoms with Crippen LogP contribution in [0.5, 0.6) is 0 Å². The number of likely N-dealkylation sites (N-methyl/N-ethyl adjacent to an activating group) is 1. The summed E-state index contributed by atoms with van der Waals surface area (Å²) in [6.07, 6.45) is 2.35. The van der Waals surface area contributed by atoms with Gasteiger partial charge in [-0.05, 0) is 0 Å². The molecule has 0 spiro atoms. The number of nitrogens with one attached hydrogen (secondary N) is 2. The topological polar surface area (TPSA) is 61.0 Å². The standard InChI is InChI=1S/C9H14N4O/c1-13(2)9(14)7-3-6-8(4-10-7)12-5-11-6/h5,7,10H,3-4H2,1-2H3,(H,11,12). The first-order valence-corrected chi connectivity index (χ1v) is 4.64. The third-order valence-electron chi connectivity index (χ3n) is 2.47. The first kappa shape index (κ1) is 9.21. The first-order valence-electron chi connectivity index (χ1n) is 4.64. The van der Waals surface area contributed by atoms with Crippen LogP contribution in [0.2, 0.25) is 0 Å². The second-order valence-corrected chi connectivity index (χ2v) is 3.70. The second kappa shape index (κ2) is 3.42. The fourth-order valence-electron chi connectivity index (χ4n) is 1.66. The molecule has 0 fully saturated rings. The van der Waals surface area contributed by atoms with Crippen LogP contribution in [0.4, 0.5) is 0 Å². The minimum atomic E-state index is -0.124. The van der Waals surface area contributed by atoms with Gasteiger partial charge in [0.1, 0.15) is 0 Å². The molecule has 0 radical (unpaired) electrons. The van der Waals surface area contributed by atoms with E-state index in [1.807, 2.05) is 0 Å². The molecule has 2 heterocycles. The summed E-state index contributed by atoms with van der Waals surface area (Å²) in [5.41, 5.74) is 2.09. The van der Waals surface area contributed by atoms with Crippen LogP contribution >= 0.6 is 0 Å². The van der Waals surface area contributed by atoms with Crippen LogP contribution < -0.4 is 5.32 Å². The number of aromatic nitrogens is 2. The number of imidazole rings is 1. The Morgan fingerprint density at radius 1 is 1.64 bits per heavy atom. The van der Waals surface area contributed by atoms with Gasteiger partial charge in [0.15, 0.2) is 0 Å². The van der Waals surface area contributed by atoms with Crippen molar-refractivity contribution in [1.82, 2.24) is 20.2 Å². The Morgan fingerprint density at radius 2 is 2.43 bits per heavy atom. The molecule has 5 heteroatoms. The van der Waals surface area contributed by atoms with E-state index in [2.05, 4.69) is 15.3 Å². The number of amides is 1. The number of carbonyl (C=O) groups is 1. The maximum absolute atomic E-state index is 11.7. The molecule has 1 aliphatic heterocycles. The third kappa shape index (κ3) is 1.50. The number of aromatic amines is 1. The number of H-pyrrole nitrogens is 1. The van der Waals surface area contributed by atoms with E-state index < -0.39 is 0 Å². The van der Waals surface area contributed by atoms with E-state index in [-0.39, 0.29) is 11.9 Å². The highest BCUT2D eigenvalue weighted by Crippen LogP contribution is 2.12. The molecule has 2 rings (SSSR count). The van der Waals surface area contributed by atoms with Crippen molar-refractivity contribution in [3.8, 4) is 0 Å². The molecule has 0 saturated heterocycles. The average Bonchev–Trinajstić information content (AvgIpc) is 2.62. The quantitative estimate of drug-likeness (QED) is 0.634. The van der Waals surface area contributed by atoms with Crippen LogP contribution in [-0.2, 0) is 17.8 Å². The predicted octanol–water partition coefficient (Wildman–Crippen LogP) is -0.488. The van der Waals surface area contributed by atoms with Crippen molar-refractivity contribution in [3.05, 3.63) is 17.7 Å². The lowest BCUT2D eigenvalue weighted by Gasteiger charge is -2.24. The summed E-state index contributed by atoms with van der Waals surface area (Å²) in [4.78, 5) is 20.5. The van der Waals surface area contributed by atoms with Gasteiger partial charge in [0.25, 0.3) is 0 Å². The van der Waals surface area contributed by atoms with Crippen molar-refractivity contribution in [2.45, 2.75) is 19.0 Å². The summed E-state index contributed by atoms with van der Waals surface area (Å²) in [5, 5.41) is 3.18. The maximum Gasteiger partial charge on any atom is 0.239 e. The van der Waals surface area contributed by atoms with E-state index in [4.69, 9.17) is 0 Å². The Bertz CT molecular complexity index is 344. The van der Waals surface area contributed by atoms with Crippen LogP contribution in [-0.4, -0.2) is 40.9 Å². The highest BCUT2D eigenvalue weighted by molar-refractivity contribution is 5.81. The smallest absolute Gasteiger partial charge is 0.239 e. The number of rotatable bonds is 1. The monoisotopic (exact) mass is 194 g/mol. The lowest BCUT2D eigenvalue weighted by molar-refractivity contribution is -0.131. The van der Waals surface area contributed by atoms with Gasteiger partial charge in [0, 0.05) is 27.1 Å². The molecule has 1 unspecified atom stereocenters. The molecular weight excluding hydrogens is 180 g/mol. The van der Waals surface area contributed by atoms with Gasteiger partial charge in [0.2, 0.25) is 5.91 Å². The van der Waals surface area contributed by atoms with Gasteiger partial charge in [-0.2, -0.15) is 0 Å². The molecule has 1 aliphatic rings. The minimum Gasteiger partial charge on any atom is -0.347 e. The van der Waals surface area contributed by atoms with E-state index in [1.54, 1.807) is 25.3 Å². The van der Waals surface area contributed by atoms with Gasteiger partial charge < -0.3 is 9.88 Å². The summed E-state index contributed by atoms with van der Waals surface area (Å²) in [7, 11) is 3.54. The zero-order valence-electron chi connectivity index (χ0n) is 8.37. The summed E-state index contributed by atoms with van der Waals surface area (Å²) in [6, 6.07) is -0.124. The molecule has 0 aliphatic carbocycles. The number of carbonyl (C=O) groups excluding carboxylic acids is 1. The van der Waals surface area contributed by atoms with Crippen molar-refractivity contribution in [1.29, 1.82) is 0 Å². The highest BCUT2D eigenvalue weighted by atomic mass is 16.2. The average molecular weight is 194 g/mol. The zero-order chi connectivity index (χ0) is 10.1. The summed E-state index contributed by atoms with van der Waals surface area (Å²) >= 11 is 0. The van der Waals surface area contributed by atoms with E-state index in [9.17, 15) is 4.79 Å². The van der Waals surface area contributed by atoms with Crippen molar-refractivity contribution in [2.24, 2.45) is 0 Å². The van der Waals surface area contributed by atoms with Crippen LogP contribution in [0.25, 0.3) is 0 Å². The SMILES string of the molecule is CN(C)C(=O)C1Cc2nc[nH]c2CN1. The van der Waals surface area contributed by atoms with Gasteiger partial charge in [-0.25, -0.2) is 4.98 Å². The molecule has 1 atom stereocenters.